The van der Waals surface area contributed by atoms with Crippen LogP contribution < -0.4 is 16.0 Å². The molecule has 24 heavy (non-hydrogen) atoms. The second-order valence-corrected chi connectivity index (χ2v) is 5.62. The van der Waals surface area contributed by atoms with Crippen molar-refractivity contribution in [2.75, 3.05) is 20.1 Å². The summed E-state index contributed by atoms with van der Waals surface area (Å²) in [5.41, 5.74) is -0.146. The van der Waals surface area contributed by atoms with Crippen LogP contribution in [0.4, 0.5) is 22.8 Å². The number of nitrogens with one attached hydrogen (secondary N) is 3. The minimum atomic E-state index is -4.38. The van der Waals surface area contributed by atoms with Crippen LogP contribution in [-0.2, 0) is 6.18 Å². The van der Waals surface area contributed by atoms with Gasteiger partial charge in [0.25, 0.3) is 0 Å². The van der Waals surface area contributed by atoms with Gasteiger partial charge >= 0.3 is 18.2 Å². The number of hydrogen-bond acceptors (Lipinski definition) is 2. The highest BCUT2D eigenvalue weighted by atomic mass is 19.4. The Bertz CT molecular complexity index is 598. The lowest BCUT2D eigenvalue weighted by molar-refractivity contribution is -0.137. The number of urea groups is 2. The van der Waals surface area contributed by atoms with Gasteiger partial charge in [-0.3, -0.25) is 0 Å². The van der Waals surface area contributed by atoms with E-state index in [1.807, 2.05) is 0 Å². The first kappa shape index (κ1) is 17.9. The summed E-state index contributed by atoms with van der Waals surface area (Å²) in [5.74, 6) is 0. The van der Waals surface area contributed by atoms with E-state index in [1.54, 1.807) is 6.92 Å². The predicted octanol–water partition coefficient (Wildman–Crippen LogP) is 2.09. The number of benzene rings is 1. The van der Waals surface area contributed by atoms with Crippen molar-refractivity contribution < 1.29 is 22.8 Å². The van der Waals surface area contributed by atoms with E-state index in [9.17, 15) is 22.8 Å². The molecule has 1 aliphatic rings. The number of likely N-dealkylation sites (tertiary alicyclic amines) is 1. The Morgan fingerprint density at radius 2 is 1.79 bits per heavy atom. The normalized spacial score (nSPS) is 16.1. The zero-order chi connectivity index (χ0) is 17.9. The number of carbonyl (C=O) groups is 2. The first-order valence-corrected chi connectivity index (χ1v) is 7.41. The molecule has 4 amide bonds. The van der Waals surface area contributed by atoms with Gasteiger partial charge in [0.15, 0.2) is 0 Å². The van der Waals surface area contributed by atoms with E-state index >= 15 is 0 Å². The van der Waals surface area contributed by atoms with Crippen molar-refractivity contribution in [3.05, 3.63) is 35.4 Å². The SMILES string of the molecule is CNC(=O)NC1CN(C(=O)NC(C)c2ccc(C(F)(F)F)cc2)C1. The second kappa shape index (κ2) is 6.98. The molecule has 1 aliphatic heterocycles. The Morgan fingerprint density at radius 1 is 1.21 bits per heavy atom. The van der Waals surface area contributed by atoms with Crippen LogP contribution in [0, 0.1) is 0 Å². The Hall–Kier alpha value is -2.45. The van der Waals surface area contributed by atoms with Gasteiger partial charge in [0, 0.05) is 20.1 Å². The van der Waals surface area contributed by atoms with Crippen molar-refractivity contribution in [1.82, 2.24) is 20.9 Å². The van der Waals surface area contributed by atoms with Crippen molar-refractivity contribution >= 4 is 12.1 Å². The van der Waals surface area contributed by atoms with E-state index in [2.05, 4.69) is 16.0 Å². The number of carbonyl (C=O) groups excluding carboxylic acids is 2. The molecule has 0 saturated carbocycles. The summed E-state index contributed by atoms with van der Waals surface area (Å²) >= 11 is 0. The molecule has 132 valence electrons. The third-order valence-corrected chi connectivity index (χ3v) is 3.81. The minimum absolute atomic E-state index is 0.0999. The summed E-state index contributed by atoms with van der Waals surface area (Å²) in [6.07, 6.45) is -4.38. The monoisotopic (exact) mass is 344 g/mol. The van der Waals surface area contributed by atoms with E-state index in [1.165, 1.54) is 24.1 Å². The highest BCUT2D eigenvalue weighted by Gasteiger charge is 2.32. The van der Waals surface area contributed by atoms with E-state index < -0.39 is 17.8 Å². The molecule has 6 nitrogen and oxygen atoms in total. The van der Waals surface area contributed by atoms with E-state index in [4.69, 9.17) is 0 Å². The molecule has 1 atom stereocenters. The smallest absolute Gasteiger partial charge is 0.341 e. The number of amides is 4. The summed E-state index contributed by atoms with van der Waals surface area (Å²) in [4.78, 5) is 24.7. The minimum Gasteiger partial charge on any atom is -0.341 e. The summed E-state index contributed by atoms with van der Waals surface area (Å²) in [6.45, 7) is 2.47. The zero-order valence-corrected chi connectivity index (χ0v) is 13.3. The Labute approximate surface area is 137 Å². The van der Waals surface area contributed by atoms with Crippen LogP contribution in [0.25, 0.3) is 0 Å². The van der Waals surface area contributed by atoms with E-state index in [-0.39, 0.29) is 18.1 Å². The van der Waals surface area contributed by atoms with Gasteiger partial charge in [-0.05, 0) is 24.6 Å². The van der Waals surface area contributed by atoms with Gasteiger partial charge in [0.05, 0.1) is 17.6 Å². The molecule has 0 aliphatic carbocycles. The molecule has 1 aromatic rings. The van der Waals surface area contributed by atoms with Crippen molar-refractivity contribution in [2.24, 2.45) is 0 Å². The van der Waals surface area contributed by atoms with Crippen molar-refractivity contribution in [2.45, 2.75) is 25.2 Å². The van der Waals surface area contributed by atoms with Crippen molar-refractivity contribution in [3.63, 3.8) is 0 Å². The molecular formula is C15H19F3N4O2. The van der Waals surface area contributed by atoms with Gasteiger partial charge in [-0.1, -0.05) is 12.1 Å². The molecule has 0 radical (unpaired) electrons. The van der Waals surface area contributed by atoms with Crippen LogP contribution in [0.15, 0.2) is 24.3 Å². The average Bonchev–Trinajstić information content (AvgIpc) is 2.49. The van der Waals surface area contributed by atoms with Crippen LogP contribution >= 0.6 is 0 Å². The molecule has 1 saturated heterocycles. The Kier molecular flexibility index (Phi) is 5.20. The maximum absolute atomic E-state index is 12.5. The summed E-state index contributed by atoms with van der Waals surface area (Å²) in [7, 11) is 1.50. The number of alkyl halides is 3. The summed E-state index contributed by atoms with van der Waals surface area (Å²) in [6, 6.07) is 3.52. The third kappa shape index (κ3) is 4.30. The van der Waals surface area contributed by atoms with Crippen molar-refractivity contribution in [1.29, 1.82) is 0 Å². The molecule has 0 spiro atoms. The zero-order valence-electron chi connectivity index (χ0n) is 13.3. The fourth-order valence-corrected chi connectivity index (χ4v) is 2.31. The molecule has 0 bridgehead atoms. The highest BCUT2D eigenvalue weighted by molar-refractivity contribution is 5.77. The quantitative estimate of drug-likeness (QED) is 0.786. The van der Waals surface area contributed by atoms with Gasteiger partial charge in [0.2, 0.25) is 0 Å². The standard InChI is InChI=1S/C15H19F3N4O2/c1-9(10-3-5-11(6-4-10)15(16,17)18)20-14(24)22-7-12(8-22)21-13(23)19-2/h3-6,9,12H,7-8H2,1-2H3,(H,20,24)(H2,19,21,23). The van der Waals surface area contributed by atoms with Crippen LogP contribution in [-0.4, -0.2) is 43.1 Å². The van der Waals surface area contributed by atoms with Crippen LogP contribution in [0.2, 0.25) is 0 Å². The number of rotatable bonds is 3. The predicted molar refractivity (Wildman–Crippen MR) is 81.3 cm³/mol. The maximum atomic E-state index is 12.5. The fraction of sp³-hybridized carbons (Fsp3) is 0.467. The lowest BCUT2D eigenvalue weighted by Crippen LogP contribution is -2.63. The lowest BCUT2D eigenvalue weighted by Gasteiger charge is -2.39. The fourth-order valence-electron chi connectivity index (χ4n) is 2.31. The Balaban J connectivity index is 1.83. The first-order chi connectivity index (χ1) is 11.2. The van der Waals surface area contributed by atoms with Gasteiger partial charge in [-0.25, -0.2) is 9.59 Å². The van der Waals surface area contributed by atoms with Gasteiger partial charge in [0.1, 0.15) is 0 Å². The molecule has 2 rings (SSSR count). The number of nitrogens with zero attached hydrogens (tertiary/aromatic N) is 1. The highest BCUT2D eigenvalue weighted by Crippen LogP contribution is 2.29. The van der Waals surface area contributed by atoms with E-state index in [0.29, 0.717) is 18.7 Å². The van der Waals surface area contributed by atoms with Gasteiger partial charge in [-0.2, -0.15) is 13.2 Å². The largest absolute Gasteiger partial charge is 0.416 e. The number of hydrogen-bond donors (Lipinski definition) is 3. The summed E-state index contributed by atoms with van der Waals surface area (Å²) < 4.78 is 37.6. The molecule has 0 aromatic heterocycles. The maximum Gasteiger partial charge on any atom is 0.416 e. The number of halogens is 3. The molecule has 9 heteroatoms. The van der Waals surface area contributed by atoms with Crippen molar-refractivity contribution in [3.8, 4) is 0 Å². The molecule has 1 heterocycles. The van der Waals surface area contributed by atoms with Crippen LogP contribution in [0.1, 0.15) is 24.1 Å². The molecule has 3 N–H and O–H groups in total. The van der Waals surface area contributed by atoms with E-state index in [0.717, 1.165) is 12.1 Å². The lowest BCUT2D eigenvalue weighted by atomic mass is 10.1. The topological polar surface area (TPSA) is 73.5 Å². The van der Waals surface area contributed by atoms with Gasteiger partial charge < -0.3 is 20.9 Å². The third-order valence-electron chi connectivity index (χ3n) is 3.81. The molecule has 1 fully saturated rings. The molecule has 1 unspecified atom stereocenters. The summed E-state index contributed by atoms with van der Waals surface area (Å²) in [5, 5.41) is 7.83. The average molecular weight is 344 g/mol. The van der Waals surface area contributed by atoms with Crippen LogP contribution in [0.3, 0.4) is 0 Å². The first-order valence-electron chi connectivity index (χ1n) is 7.41. The second-order valence-electron chi connectivity index (χ2n) is 5.62. The molecular weight excluding hydrogens is 325 g/mol. The van der Waals surface area contributed by atoms with Gasteiger partial charge in [-0.15, -0.1) is 0 Å². The Morgan fingerprint density at radius 3 is 2.29 bits per heavy atom. The van der Waals surface area contributed by atoms with Crippen LogP contribution in [0.5, 0.6) is 0 Å². The molecule has 1 aromatic carbocycles.